The van der Waals surface area contributed by atoms with E-state index in [1.807, 2.05) is 24.3 Å². The lowest BCUT2D eigenvalue weighted by molar-refractivity contribution is 0.0929. The molecule has 0 aromatic heterocycles. The molecule has 2 aromatic rings. The van der Waals surface area contributed by atoms with E-state index in [1.54, 1.807) is 25.3 Å². The molecular formula is C25H33N3O5S. The lowest BCUT2D eigenvalue weighted by Gasteiger charge is -2.42. The second-order valence-electron chi connectivity index (χ2n) is 8.92. The van der Waals surface area contributed by atoms with Gasteiger partial charge in [-0.15, -0.1) is 0 Å². The van der Waals surface area contributed by atoms with Gasteiger partial charge < -0.3 is 14.8 Å². The van der Waals surface area contributed by atoms with E-state index in [2.05, 4.69) is 22.2 Å². The highest BCUT2D eigenvalue weighted by molar-refractivity contribution is 7.87. The van der Waals surface area contributed by atoms with Gasteiger partial charge in [-0.2, -0.15) is 17.4 Å². The van der Waals surface area contributed by atoms with Gasteiger partial charge in [-0.25, -0.2) is 0 Å². The molecule has 0 saturated carbocycles. The quantitative estimate of drug-likeness (QED) is 0.567. The number of nitrogens with one attached hydrogen (secondary N) is 2. The van der Waals surface area contributed by atoms with Crippen molar-refractivity contribution in [2.75, 3.05) is 39.9 Å². The normalized spacial score (nSPS) is 20.7. The largest absolute Gasteiger partial charge is 0.496 e. The van der Waals surface area contributed by atoms with E-state index in [4.69, 9.17) is 9.47 Å². The first kappa shape index (κ1) is 24.7. The summed E-state index contributed by atoms with van der Waals surface area (Å²) in [5, 5.41) is 3.08. The van der Waals surface area contributed by atoms with Crippen LogP contribution in [0.1, 0.15) is 41.6 Å². The van der Waals surface area contributed by atoms with Crippen LogP contribution >= 0.6 is 0 Å². The van der Waals surface area contributed by atoms with Crippen LogP contribution in [0.4, 0.5) is 0 Å². The second kappa shape index (κ2) is 10.9. The van der Waals surface area contributed by atoms with E-state index in [0.29, 0.717) is 56.9 Å². The maximum atomic E-state index is 13.0. The molecule has 2 aromatic carbocycles. The molecule has 0 spiro atoms. The molecule has 2 saturated heterocycles. The van der Waals surface area contributed by atoms with E-state index in [1.165, 1.54) is 4.31 Å². The second-order valence-corrected chi connectivity index (χ2v) is 10.7. The van der Waals surface area contributed by atoms with Gasteiger partial charge in [0.25, 0.3) is 16.1 Å². The van der Waals surface area contributed by atoms with Crippen molar-refractivity contribution in [1.82, 2.24) is 14.3 Å². The van der Waals surface area contributed by atoms with E-state index in [9.17, 15) is 13.2 Å². The summed E-state index contributed by atoms with van der Waals surface area (Å²) in [5.74, 6) is 0.313. The Kier molecular flexibility index (Phi) is 7.88. The van der Waals surface area contributed by atoms with Gasteiger partial charge in [0.1, 0.15) is 5.75 Å². The molecule has 8 nitrogen and oxygen atoms in total. The van der Waals surface area contributed by atoms with Gasteiger partial charge in [-0.05, 0) is 43.4 Å². The van der Waals surface area contributed by atoms with Crippen LogP contribution in [0.2, 0.25) is 0 Å². The van der Waals surface area contributed by atoms with Crippen molar-refractivity contribution in [2.24, 2.45) is 0 Å². The van der Waals surface area contributed by atoms with Crippen molar-refractivity contribution in [2.45, 2.75) is 37.2 Å². The van der Waals surface area contributed by atoms with E-state index in [-0.39, 0.29) is 17.4 Å². The minimum Gasteiger partial charge on any atom is -0.496 e. The summed E-state index contributed by atoms with van der Waals surface area (Å²) in [6, 6.07) is 17.1. The summed E-state index contributed by atoms with van der Waals surface area (Å²) in [6.07, 6.45) is 3.00. The molecule has 2 aliphatic heterocycles. The third kappa shape index (κ3) is 5.60. The van der Waals surface area contributed by atoms with Crippen molar-refractivity contribution in [3.63, 3.8) is 0 Å². The van der Waals surface area contributed by atoms with Gasteiger partial charge in [0.2, 0.25) is 0 Å². The number of ether oxygens (including phenoxy) is 2. The van der Waals surface area contributed by atoms with Gasteiger partial charge in [0.15, 0.2) is 0 Å². The average molecular weight is 488 g/mol. The molecule has 1 unspecified atom stereocenters. The maximum Gasteiger partial charge on any atom is 0.279 e. The third-order valence-electron chi connectivity index (χ3n) is 6.86. The first-order valence-corrected chi connectivity index (χ1v) is 13.2. The zero-order valence-electron chi connectivity index (χ0n) is 19.5. The van der Waals surface area contributed by atoms with Crippen LogP contribution in [0.3, 0.4) is 0 Å². The maximum absolute atomic E-state index is 13.0. The molecule has 184 valence electrons. The molecule has 0 aliphatic carbocycles. The molecule has 1 amide bonds. The molecule has 2 N–H and O–H groups in total. The minimum atomic E-state index is -3.59. The Morgan fingerprint density at radius 2 is 1.82 bits per heavy atom. The van der Waals surface area contributed by atoms with Crippen LogP contribution in [0, 0.1) is 0 Å². The third-order valence-corrected chi connectivity index (χ3v) is 8.44. The Balaban J connectivity index is 1.44. The predicted octanol–water partition coefficient (Wildman–Crippen LogP) is 2.47. The molecule has 2 aliphatic rings. The highest BCUT2D eigenvalue weighted by Crippen LogP contribution is 2.36. The number of piperidine rings is 1. The number of rotatable bonds is 9. The standard InChI is InChI=1S/C25H33N3O5S/c1-32-23-12-6-5-11-22(23)24(29)26-19-25(20-8-3-2-4-9-20)13-15-28(16-14-25)34(30,31)27-18-21-10-7-17-33-21/h2-6,8-9,11-12,21,27H,7,10,13-19H2,1H3,(H,26,29). The molecule has 34 heavy (non-hydrogen) atoms. The number of amides is 1. The summed E-state index contributed by atoms with van der Waals surface area (Å²) in [5.41, 5.74) is 1.21. The lowest BCUT2D eigenvalue weighted by Crippen LogP contribution is -2.53. The number of para-hydroxylation sites is 1. The molecular weight excluding hydrogens is 454 g/mol. The number of hydrogen-bond acceptors (Lipinski definition) is 5. The van der Waals surface area contributed by atoms with Crippen molar-refractivity contribution in [3.05, 3.63) is 65.7 Å². The first-order chi connectivity index (χ1) is 16.4. The average Bonchev–Trinajstić information content (AvgIpc) is 3.41. The van der Waals surface area contributed by atoms with Crippen LogP contribution in [0.25, 0.3) is 0 Å². The number of methoxy groups -OCH3 is 1. The topological polar surface area (TPSA) is 97.0 Å². The Morgan fingerprint density at radius 1 is 1.12 bits per heavy atom. The van der Waals surface area contributed by atoms with Gasteiger partial charge in [0, 0.05) is 38.2 Å². The number of hydrogen-bond donors (Lipinski definition) is 2. The van der Waals surface area contributed by atoms with Crippen molar-refractivity contribution in [3.8, 4) is 5.75 Å². The lowest BCUT2D eigenvalue weighted by atomic mass is 9.73. The molecule has 9 heteroatoms. The van der Waals surface area contributed by atoms with Crippen molar-refractivity contribution in [1.29, 1.82) is 0 Å². The van der Waals surface area contributed by atoms with Crippen LogP contribution in [-0.4, -0.2) is 64.6 Å². The van der Waals surface area contributed by atoms with Gasteiger partial charge in [-0.1, -0.05) is 42.5 Å². The smallest absolute Gasteiger partial charge is 0.279 e. The molecule has 4 rings (SSSR count). The number of nitrogens with zero attached hydrogens (tertiary/aromatic N) is 1. The van der Waals surface area contributed by atoms with Crippen LogP contribution in [0.15, 0.2) is 54.6 Å². The Bertz CT molecular complexity index is 1060. The fourth-order valence-electron chi connectivity index (χ4n) is 4.79. The van der Waals surface area contributed by atoms with E-state index >= 15 is 0 Å². The van der Waals surface area contributed by atoms with Crippen molar-refractivity contribution < 1.29 is 22.7 Å². The summed E-state index contributed by atoms with van der Waals surface area (Å²) in [6.45, 7) is 2.15. The van der Waals surface area contributed by atoms with Crippen LogP contribution in [-0.2, 0) is 20.4 Å². The van der Waals surface area contributed by atoms with Crippen LogP contribution in [0.5, 0.6) is 5.75 Å². The van der Waals surface area contributed by atoms with Crippen LogP contribution < -0.4 is 14.8 Å². The highest BCUT2D eigenvalue weighted by atomic mass is 32.2. The number of carbonyl (C=O) groups excluding carboxylic acids is 1. The van der Waals surface area contributed by atoms with Crippen molar-refractivity contribution >= 4 is 16.1 Å². The molecule has 0 radical (unpaired) electrons. The molecule has 2 heterocycles. The summed E-state index contributed by atoms with van der Waals surface area (Å²) >= 11 is 0. The summed E-state index contributed by atoms with van der Waals surface area (Å²) in [7, 11) is -2.04. The Morgan fingerprint density at radius 3 is 2.50 bits per heavy atom. The SMILES string of the molecule is COc1ccccc1C(=O)NCC1(c2ccccc2)CCN(S(=O)(=O)NCC2CCCO2)CC1. The fourth-order valence-corrected chi connectivity index (χ4v) is 6.03. The Hall–Kier alpha value is -2.46. The van der Waals surface area contributed by atoms with Gasteiger partial charge in [-0.3, -0.25) is 4.79 Å². The Labute approximate surface area is 201 Å². The highest BCUT2D eigenvalue weighted by Gasteiger charge is 2.40. The monoisotopic (exact) mass is 487 g/mol. The number of benzene rings is 2. The fraction of sp³-hybridized carbons (Fsp3) is 0.480. The molecule has 2 fully saturated rings. The first-order valence-electron chi connectivity index (χ1n) is 11.8. The van der Waals surface area contributed by atoms with E-state index < -0.39 is 10.2 Å². The molecule has 1 atom stereocenters. The van der Waals surface area contributed by atoms with Gasteiger partial charge >= 0.3 is 0 Å². The van der Waals surface area contributed by atoms with Gasteiger partial charge in [0.05, 0.1) is 18.8 Å². The van der Waals surface area contributed by atoms with E-state index in [0.717, 1.165) is 18.4 Å². The predicted molar refractivity (Wildman–Crippen MR) is 130 cm³/mol. The molecule has 0 bridgehead atoms. The zero-order chi connectivity index (χ0) is 24.0. The zero-order valence-corrected chi connectivity index (χ0v) is 20.4. The summed E-state index contributed by atoms with van der Waals surface area (Å²) < 4.78 is 40.9. The minimum absolute atomic E-state index is 0.0480. The summed E-state index contributed by atoms with van der Waals surface area (Å²) in [4.78, 5) is 13.0. The number of carbonyl (C=O) groups is 1.